The zero-order valence-corrected chi connectivity index (χ0v) is 13.5. The van der Waals surface area contributed by atoms with Crippen molar-refractivity contribution in [3.63, 3.8) is 0 Å². The first-order valence-corrected chi connectivity index (χ1v) is 7.81. The lowest BCUT2D eigenvalue weighted by Crippen LogP contribution is -2.19. The fourth-order valence-corrected chi connectivity index (χ4v) is 2.91. The molecule has 0 saturated heterocycles. The number of hydrogen-bond acceptors (Lipinski definition) is 2. The van der Waals surface area contributed by atoms with Crippen molar-refractivity contribution in [2.75, 3.05) is 7.05 Å². The van der Waals surface area contributed by atoms with Gasteiger partial charge in [0, 0.05) is 28.3 Å². The van der Waals surface area contributed by atoms with Crippen LogP contribution in [0.5, 0.6) is 0 Å². The van der Waals surface area contributed by atoms with Crippen molar-refractivity contribution in [1.82, 2.24) is 10.3 Å². The third kappa shape index (κ3) is 3.14. The Kier molecular flexibility index (Phi) is 4.32. The predicted molar refractivity (Wildman–Crippen MR) is 91.4 cm³/mol. The molecule has 3 rings (SSSR count). The van der Waals surface area contributed by atoms with Crippen molar-refractivity contribution in [2.45, 2.75) is 12.5 Å². The van der Waals surface area contributed by atoms with Gasteiger partial charge in [0.25, 0.3) is 0 Å². The van der Waals surface area contributed by atoms with Gasteiger partial charge in [-0.25, -0.2) is 0 Å². The largest absolute Gasteiger partial charge is 0.313 e. The highest BCUT2D eigenvalue weighted by Gasteiger charge is 2.13. The molecule has 0 saturated carbocycles. The van der Waals surface area contributed by atoms with Crippen LogP contribution in [0.1, 0.15) is 17.2 Å². The number of nitrogens with one attached hydrogen (secondary N) is 1. The summed E-state index contributed by atoms with van der Waals surface area (Å²) in [6, 6.07) is 17.2. The third-order valence-corrected chi connectivity index (χ3v) is 4.30. The zero-order chi connectivity index (χ0) is 14.7. The molecule has 0 bridgehead atoms. The van der Waals surface area contributed by atoms with E-state index in [1.54, 1.807) is 0 Å². The van der Waals surface area contributed by atoms with E-state index in [4.69, 9.17) is 0 Å². The minimum Gasteiger partial charge on any atom is -0.313 e. The fraction of sp³-hybridized carbons (Fsp3) is 0.167. The van der Waals surface area contributed by atoms with Crippen LogP contribution in [0.2, 0.25) is 0 Å². The average molecular weight is 341 g/mol. The second kappa shape index (κ2) is 6.37. The summed E-state index contributed by atoms with van der Waals surface area (Å²) in [5, 5.41) is 5.88. The van der Waals surface area contributed by atoms with E-state index in [0.29, 0.717) is 0 Å². The van der Waals surface area contributed by atoms with Crippen LogP contribution in [0, 0.1) is 0 Å². The molecule has 0 spiro atoms. The predicted octanol–water partition coefficient (Wildman–Crippen LogP) is 4.50. The van der Waals surface area contributed by atoms with Crippen LogP contribution < -0.4 is 5.32 Å². The fourth-order valence-electron chi connectivity index (χ4n) is 2.64. The summed E-state index contributed by atoms with van der Waals surface area (Å²) < 4.78 is 1.11. The Morgan fingerprint density at radius 3 is 2.57 bits per heavy atom. The summed E-state index contributed by atoms with van der Waals surface area (Å²) in [4.78, 5) is 4.39. The Morgan fingerprint density at radius 1 is 1.05 bits per heavy atom. The summed E-state index contributed by atoms with van der Waals surface area (Å²) in [6.45, 7) is 0. The highest BCUT2D eigenvalue weighted by molar-refractivity contribution is 9.10. The SMILES string of the molecule is CNC(Cc1ccc(Br)cc1)c1cncc2ccccc12. The van der Waals surface area contributed by atoms with Gasteiger partial charge < -0.3 is 5.32 Å². The molecule has 0 aliphatic carbocycles. The molecular formula is C18H17BrN2. The first kappa shape index (κ1) is 14.2. The van der Waals surface area contributed by atoms with Crippen molar-refractivity contribution in [3.05, 3.63) is 76.5 Å². The van der Waals surface area contributed by atoms with Gasteiger partial charge in [0.1, 0.15) is 0 Å². The molecule has 21 heavy (non-hydrogen) atoms. The van der Waals surface area contributed by atoms with Crippen LogP contribution in [0.25, 0.3) is 10.8 Å². The van der Waals surface area contributed by atoms with E-state index in [1.807, 2.05) is 19.4 Å². The van der Waals surface area contributed by atoms with Gasteiger partial charge >= 0.3 is 0 Å². The summed E-state index contributed by atoms with van der Waals surface area (Å²) in [7, 11) is 2.01. The molecule has 3 heteroatoms. The molecule has 1 heterocycles. The third-order valence-electron chi connectivity index (χ3n) is 3.78. The Balaban J connectivity index is 1.96. The van der Waals surface area contributed by atoms with E-state index in [-0.39, 0.29) is 6.04 Å². The first-order valence-electron chi connectivity index (χ1n) is 7.02. The van der Waals surface area contributed by atoms with Gasteiger partial charge in [-0.1, -0.05) is 52.3 Å². The zero-order valence-electron chi connectivity index (χ0n) is 11.9. The molecule has 1 aromatic heterocycles. The lowest BCUT2D eigenvalue weighted by molar-refractivity contribution is 0.594. The molecule has 0 amide bonds. The number of benzene rings is 2. The normalized spacial score (nSPS) is 12.5. The molecule has 1 atom stereocenters. The summed E-state index contributed by atoms with van der Waals surface area (Å²) >= 11 is 3.48. The van der Waals surface area contributed by atoms with E-state index >= 15 is 0 Å². The maximum atomic E-state index is 4.39. The van der Waals surface area contributed by atoms with Crippen molar-refractivity contribution in [1.29, 1.82) is 0 Å². The molecule has 1 unspecified atom stereocenters. The number of nitrogens with zero attached hydrogens (tertiary/aromatic N) is 1. The first-order chi connectivity index (χ1) is 10.3. The molecule has 2 nitrogen and oxygen atoms in total. The lowest BCUT2D eigenvalue weighted by Gasteiger charge is -2.18. The van der Waals surface area contributed by atoms with Gasteiger partial charge in [-0.2, -0.15) is 0 Å². The topological polar surface area (TPSA) is 24.9 Å². The van der Waals surface area contributed by atoms with Crippen molar-refractivity contribution in [3.8, 4) is 0 Å². The van der Waals surface area contributed by atoms with Gasteiger partial charge in [0.05, 0.1) is 0 Å². The molecule has 0 aliphatic rings. The van der Waals surface area contributed by atoms with Crippen LogP contribution in [-0.4, -0.2) is 12.0 Å². The van der Waals surface area contributed by atoms with E-state index in [0.717, 1.165) is 10.9 Å². The van der Waals surface area contributed by atoms with Crippen LogP contribution in [0.4, 0.5) is 0 Å². The summed E-state index contributed by atoms with van der Waals surface area (Å²) in [5.41, 5.74) is 2.56. The quantitative estimate of drug-likeness (QED) is 0.756. The number of halogens is 1. The van der Waals surface area contributed by atoms with Crippen LogP contribution in [-0.2, 0) is 6.42 Å². The Bertz CT molecular complexity index is 732. The van der Waals surface area contributed by atoms with E-state index in [2.05, 4.69) is 74.8 Å². The van der Waals surface area contributed by atoms with E-state index < -0.39 is 0 Å². The minimum atomic E-state index is 0.254. The number of fused-ring (bicyclic) bond motifs is 1. The molecule has 3 aromatic rings. The highest BCUT2D eigenvalue weighted by atomic mass is 79.9. The highest BCUT2D eigenvalue weighted by Crippen LogP contribution is 2.26. The average Bonchev–Trinajstić information content (AvgIpc) is 2.54. The van der Waals surface area contributed by atoms with Crippen molar-refractivity contribution < 1.29 is 0 Å². The van der Waals surface area contributed by atoms with Gasteiger partial charge in [-0.05, 0) is 42.1 Å². The molecule has 0 aliphatic heterocycles. The molecule has 1 N–H and O–H groups in total. The van der Waals surface area contributed by atoms with Gasteiger partial charge in [0.15, 0.2) is 0 Å². The Morgan fingerprint density at radius 2 is 1.81 bits per heavy atom. The molecule has 0 radical (unpaired) electrons. The van der Waals surface area contributed by atoms with Crippen molar-refractivity contribution in [2.24, 2.45) is 0 Å². The second-order valence-corrected chi connectivity index (χ2v) is 6.04. The number of rotatable bonds is 4. The Hall–Kier alpha value is -1.71. The lowest BCUT2D eigenvalue weighted by atomic mass is 9.96. The van der Waals surface area contributed by atoms with Crippen LogP contribution in [0.3, 0.4) is 0 Å². The molecule has 0 fully saturated rings. The number of hydrogen-bond donors (Lipinski definition) is 1. The van der Waals surface area contributed by atoms with Crippen LogP contribution in [0.15, 0.2) is 65.4 Å². The van der Waals surface area contributed by atoms with Crippen LogP contribution >= 0.6 is 15.9 Å². The minimum absolute atomic E-state index is 0.254. The molecule has 2 aromatic carbocycles. The number of pyridine rings is 1. The maximum Gasteiger partial charge on any atom is 0.0379 e. The standard InChI is InChI=1S/C18H17BrN2/c1-20-18(10-13-6-8-15(19)9-7-13)17-12-21-11-14-4-2-3-5-16(14)17/h2-9,11-12,18,20H,10H2,1H3. The molecular weight excluding hydrogens is 324 g/mol. The van der Waals surface area contributed by atoms with Gasteiger partial charge in [-0.15, -0.1) is 0 Å². The summed E-state index contributed by atoms with van der Waals surface area (Å²) in [6.07, 6.45) is 4.84. The van der Waals surface area contributed by atoms with Gasteiger partial charge in [-0.3, -0.25) is 4.98 Å². The number of aromatic nitrogens is 1. The monoisotopic (exact) mass is 340 g/mol. The van der Waals surface area contributed by atoms with E-state index in [1.165, 1.54) is 21.9 Å². The summed E-state index contributed by atoms with van der Waals surface area (Å²) in [5.74, 6) is 0. The van der Waals surface area contributed by atoms with E-state index in [9.17, 15) is 0 Å². The Labute approximate surface area is 133 Å². The smallest absolute Gasteiger partial charge is 0.0379 e. The van der Waals surface area contributed by atoms with Gasteiger partial charge in [0.2, 0.25) is 0 Å². The van der Waals surface area contributed by atoms with Crippen molar-refractivity contribution >= 4 is 26.7 Å². The maximum absolute atomic E-state index is 4.39. The second-order valence-electron chi connectivity index (χ2n) is 5.12. The molecule has 106 valence electrons. The number of likely N-dealkylation sites (N-methyl/N-ethyl adjacent to an activating group) is 1.